The summed E-state index contributed by atoms with van der Waals surface area (Å²) in [4.78, 5) is 25.5. The highest BCUT2D eigenvalue weighted by atomic mass is 79.9. The molecule has 0 fully saturated rings. The molecular weight excluding hydrogens is 470 g/mol. The van der Waals surface area contributed by atoms with Gasteiger partial charge in [-0.2, -0.15) is 0 Å². The molecule has 0 spiro atoms. The van der Waals surface area contributed by atoms with E-state index in [9.17, 15) is 9.59 Å². The molecule has 0 aliphatic rings. The molecule has 5 nitrogen and oxygen atoms in total. The van der Waals surface area contributed by atoms with Crippen LogP contribution in [0.2, 0.25) is 0 Å². The van der Waals surface area contributed by atoms with Crippen molar-refractivity contribution in [3.05, 3.63) is 97.9 Å². The summed E-state index contributed by atoms with van der Waals surface area (Å²) in [6.07, 6.45) is 2.79. The molecule has 32 heavy (non-hydrogen) atoms. The van der Waals surface area contributed by atoms with Crippen molar-refractivity contribution in [1.29, 1.82) is 0 Å². The number of ether oxygens (including phenoxy) is 2. The summed E-state index contributed by atoms with van der Waals surface area (Å²) in [5.74, 6) is 0.184. The second-order valence-electron chi connectivity index (χ2n) is 8.66. The summed E-state index contributed by atoms with van der Waals surface area (Å²) in [7, 11) is 1.63. The fraction of sp³-hybridized carbons (Fsp3) is 0.308. The van der Waals surface area contributed by atoms with Crippen LogP contribution in [0, 0.1) is 0 Å². The third kappa shape index (κ3) is 6.33. The number of rotatable bonds is 7. The van der Waals surface area contributed by atoms with Crippen LogP contribution >= 0.6 is 15.9 Å². The molecule has 0 aliphatic heterocycles. The highest BCUT2D eigenvalue weighted by Crippen LogP contribution is 2.26. The maximum absolute atomic E-state index is 12.8. The van der Waals surface area contributed by atoms with Crippen LogP contribution in [0.25, 0.3) is 0 Å². The largest absolute Gasteiger partial charge is 0.489 e. The fourth-order valence-electron chi connectivity index (χ4n) is 3.31. The number of pyridine rings is 1. The summed E-state index contributed by atoms with van der Waals surface area (Å²) in [6, 6.07) is 17.7. The van der Waals surface area contributed by atoms with Crippen LogP contribution in [0.1, 0.15) is 47.8 Å². The lowest BCUT2D eigenvalue weighted by Gasteiger charge is -2.20. The number of hydrogen-bond donors (Lipinski definition) is 0. The quantitative estimate of drug-likeness (QED) is 0.406. The van der Waals surface area contributed by atoms with E-state index in [1.807, 2.05) is 54.6 Å². The van der Waals surface area contributed by atoms with Gasteiger partial charge in [0.2, 0.25) is 0 Å². The Morgan fingerprint density at radius 3 is 2.38 bits per heavy atom. The number of hydrogen-bond acceptors (Lipinski definition) is 4. The van der Waals surface area contributed by atoms with Gasteiger partial charge in [0.1, 0.15) is 23.5 Å². The lowest BCUT2D eigenvalue weighted by atomic mass is 10.0. The number of nitrogens with zero attached hydrogens (tertiary/aromatic N) is 1. The SMILES string of the molecule is Cn1ccc(CCc2cc(Br)ccc2OCc2ccccc2)c(C(=O)OC(C)(C)C)c1=O. The van der Waals surface area contributed by atoms with Gasteiger partial charge >= 0.3 is 5.97 Å². The third-order valence-electron chi connectivity index (χ3n) is 4.88. The van der Waals surface area contributed by atoms with Gasteiger partial charge in [-0.15, -0.1) is 0 Å². The summed E-state index contributed by atoms with van der Waals surface area (Å²) < 4.78 is 13.9. The van der Waals surface area contributed by atoms with Gasteiger partial charge in [-0.1, -0.05) is 46.3 Å². The van der Waals surface area contributed by atoms with Gasteiger partial charge in [-0.25, -0.2) is 4.79 Å². The minimum absolute atomic E-state index is 0.0895. The first-order chi connectivity index (χ1) is 15.1. The average Bonchev–Trinajstić information content (AvgIpc) is 2.73. The van der Waals surface area contributed by atoms with Gasteiger partial charge in [0.15, 0.2) is 0 Å². The van der Waals surface area contributed by atoms with Gasteiger partial charge in [-0.3, -0.25) is 4.79 Å². The average molecular weight is 498 g/mol. The predicted molar refractivity (Wildman–Crippen MR) is 129 cm³/mol. The zero-order valence-electron chi connectivity index (χ0n) is 18.9. The van der Waals surface area contributed by atoms with Crippen molar-refractivity contribution in [1.82, 2.24) is 4.57 Å². The first-order valence-corrected chi connectivity index (χ1v) is 11.3. The Bertz CT molecular complexity index is 1150. The molecule has 1 aromatic heterocycles. The van der Waals surface area contributed by atoms with Gasteiger partial charge < -0.3 is 14.0 Å². The monoisotopic (exact) mass is 497 g/mol. The van der Waals surface area contributed by atoms with E-state index in [1.165, 1.54) is 4.57 Å². The van der Waals surface area contributed by atoms with Crippen LogP contribution < -0.4 is 10.3 Å². The normalized spacial score (nSPS) is 11.3. The van der Waals surface area contributed by atoms with Crippen molar-refractivity contribution in [3.63, 3.8) is 0 Å². The molecule has 0 saturated carbocycles. The zero-order chi connectivity index (χ0) is 23.3. The van der Waals surface area contributed by atoms with Crippen LogP contribution in [-0.4, -0.2) is 16.1 Å². The Morgan fingerprint density at radius 2 is 1.69 bits per heavy atom. The summed E-state index contributed by atoms with van der Waals surface area (Å²) >= 11 is 3.53. The first-order valence-electron chi connectivity index (χ1n) is 10.5. The molecule has 0 N–H and O–H groups in total. The van der Waals surface area contributed by atoms with Crippen LogP contribution in [0.3, 0.4) is 0 Å². The van der Waals surface area contributed by atoms with Crippen molar-refractivity contribution in [2.45, 2.75) is 45.8 Å². The number of aromatic nitrogens is 1. The highest BCUT2D eigenvalue weighted by molar-refractivity contribution is 9.10. The number of carbonyl (C=O) groups excluding carboxylic acids is 1. The molecule has 168 valence electrons. The van der Waals surface area contributed by atoms with E-state index in [1.54, 1.807) is 34.0 Å². The Hall–Kier alpha value is -2.86. The summed E-state index contributed by atoms with van der Waals surface area (Å²) in [5.41, 5.74) is 1.79. The Kier molecular flexibility index (Phi) is 7.56. The lowest BCUT2D eigenvalue weighted by molar-refractivity contribution is 0.00657. The Labute approximate surface area is 197 Å². The number of halogens is 1. The lowest BCUT2D eigenvalue weighted by Crippen LogP contribution is -2.32. The molecule has 0 aliphatic carbocycles. The van der Waals surface area contributed by atoms with E-state index in [0.29, 0.717) is 25.0 Å². The topological polar surface area (TPSA) is 57.5 Å². The minimum Gasteiger partial charge on any atom is -0.489 e. The molecule has 2 aromatic carbocycles. The molecule has 6 heteroatoms. The van der Waals surface area contributed by atoms with Crippen LogP contribution in [-0.2, 0) is 31.2 Å². The maximum atomic E-state index is 12.8. The molecule has 0 atom stereocenters. The van der Waals surface area contributed by atoms with Crippen molar-refractivity contribution >= 4 is 21.9 Å². The number of benzene rings is 2. The second kappa shape index (κ2) is 10.2. The standard InChI is InChI=1S/C26H28BrNO4/c1-26(2,3)32-25(30)23-19(14-15-28(4)24(23)29)10-11-20-16-21(27)12-13-22(20)31-17-18-8-6-5-7-9-18/h5-9,12-16H,10-11,17H2,1-4H3. The Morgan fingerprint density at radius 1 is 1.00 bits per heavy atom. The molecule has 1 heterocycles. The zero-order valence-corrected chi connectivity index (χ0v) is 20.4. The van der Waals surface area contributed by atoms with Crippen molar-refractivity contribution in [2.24, 2.45) is 7.05 Å². The number of esters is 1. The van der Waals surface area contributed by atoms with E-state index in [2.05, 4.69) is 15.9 Å². The Balaban J connectivity index is 1.84. The summed E-state index contributed by atoms with van der Waals surface area (Å²) in [6.45, 7) is 5.83. The molecule has 0 radical (unpaired) electrons. The number of carbonyl (C=O) groups is 1. The van der Waals surface area contributed by atoms with Crippen molar-refractivity contribution in [2.75, 3.05) is 0 Å². The van der Waals surface area contributed by atoms with E-state index in [4.69, 9.17) is 9.47 Å². The molecule has 0 bridgehead atoms. The van der Waals surface area contributed by atoms with Gasteiger partial charge in [-0.05, 0) is 74.6 Å². The van der Waals surface area contributed by atoms with Crippen molar-refractivity contribution in [3.8, 4) is 5.75 Å². The van der Waals surface area contributed by atoms with Gasteiger partial charge in [0, 0.05) is 17.7 Å². The van der Waals surface area contributed by atoms with E-state index in [0.717, 1.165) is 21.3 Å². The predicted octanol–water partition coefficient (Wildman–Crippen LogP) is 5.47. The van der Waals surface area contributed by atoms with E-state index >= 15 is 0 Å². The van der Waals surface area contributed by atoms with Gasteiger partial charge in [0.05, 0.1) is 0 Å². The van der Waals surface area contributed by atoms with Gasteiger partial charge in [0.25, 0.3) is 5.56 Å². The maximum Gasteiger partial charge on any atom is 0.344 e. The first kappa shape index (κ1) is 23.8. The molecule has 0 amide bonds. The van der Waals surface area contributed by atoms with Crippen LogP contribution in [0.15, 0.2) is 70.1 Å². The molecule has 0 saturated heterocycles. The smallest absolute Gasteiger partial charge is 0.344 e. The molecule has 0 unspecified atom stereocenters. The molecular formula is C26H28BrNO4. The van der Waals surface area contributed by atoms with E-state index in [-0.39, 0.29) is 11.1 Å². The summed E-state index contributed by atoms with van der Waals surface area (Å²) in [5, 5.41) is 0. The van der Waals surface area contributed by atoms with Crippen LogP contribution in [0.5, 0.6) is 5.75 Å². The van der Waals surface area contributed by atoms with Crippen molar-refractivity contribution < 1.29 is 14.3 Å². The fourth-order valence-corrected chi connectivity index (χ4v) is 3.72. The van der Waals surface area contributed by atoms with E-state index < -0.39 is 11.6 Å². The number of aryl methyl sites for hydroxylation is 3. The third-order valence-corrected chi connectivity index (χ3v) is 5.37. The molecule has 3 aromatic rings. The second-order valence-corrected chi connectivity index (χ2v) is 9.58. The highest BCUT2D eigenvalue weighted by Gasteiger charge is 2.24. The van der Waals surface area contributed by atoms with Crippen LogP contribution in [0.4, 0.5) is 0 Å². The minimum atomic E-state index is -0.683. The molecule has 3 rings (SSSR count).